The van der Waals surface area contributed by atoms with Crippen molar-refractivity contribution in [1.29, 1.82) is 0 Å². The van der Waals surface area contributed by atoms with E-state index in [2.05, 4.69) is 10.3 Å². The molecule has 1 aromatic carbocycles. The first-order valence-corrected chi connectivity index (χ1v) is 6.09. The van der Waals surface area contributed by atoms with Crippen molar-refractivity contribution in [2.45, 2.75) is 19.9 Å². The predicted octanol–water partition coefficient (Wildman–Crippen LogP) is 3.29. The highest BCUT2D eigenvalue weighted by Crippen LogP contribution is 2.28. The van der Waals surface area contributed by atoms with Gasteiger partial charge in [0, 0.05) is 17.5 Å². The summed E-state index contributed by atoms with van der Waals surface area (Å²) >= 11 is 0. The number of benzene rings is 1. The Labute approximate surface area is 111 Å². The maximum atomic E-state index is 14.2. The van der Waals surface area contributed by atoms with E-state index >= 15 is 0 Å². The summed E-state index contributed by atoms with van der Waals surface area (Å²) in [6.45, 7) is 3.47. The number of halogens is 2. The van der Waals surface area contributed by atoms with Gasteiger partial charge in [0.2, 0.25) is 0 Å². The van der Waals surface area contributed by atoms with Gasteiger partial charge >= 0.3 is 0 Å². The van der Waals surface area contributed by atoms with Crippen LogP contribution in [0.25, 0.3) is 0 Å². The fourth-order valence-electron chi connectivity index (χ4n) is 2.17. The van der Waals surface area contributed by atoms with Gasteiger partial charge in [-0.2, -0.15) is 0 Å². The van der Waals surface area contributed by atoms with E-state index in [4.69, 9.17) is 0 Å². The molecule has 19 heavy (non-hydrogen) atoms. The highest BCUT2D eigenvalue weighted by atomic mass is 19.1. The third-order valence-corrected chi connectivity index (χ3v) is 3.15. The number of aryl methyl sites for hydroxylation is 2. The molecule has 0 radical (unpaired) electrons. The molecule has 1 aromatic heterocycles. The predicted molar refractivity (Wildman–Crippen MR) is 71.0 cm³/mol. The molecule has 0 aliphatic carbocycles. The quantitative estimate of drug-likeness (QED) is 0.918. The monoisotopic (exact) mass is 262 g/mol. The summed E-state index contributed by atoms with van der Waals surface area (Å²) in [5.41, 5.74) is 2.08. The van der Waals surface area contributed by atoms with Gasteiger partial charge in [-0.3, -0.25) is 4.98 Å². The maximum absolute atomic E-state index is 14.2. The van der Waals surface area contributed by atoms with Crippen LogP contribution in [-0.4, -0.2) is 12.0 Å². The molecule has 2 nitrogen and oxygen atoms in total. The van der Waals surface area contributed by atoms with Crippen molar-refractivity contribution in [2.24, 2.45) is 0 Å². The zero-order chi connectivity index (χ0) is 14.0. The van der Waals surface area contributed by atoms with E-state index in [1.165, 1.54) is 12.1 Å². The molecular weight excluding hydrogens is 246 g/mol. The molecule has 1 unspecified atom stereocenters. The lowest BCUT2D eigenvalue weighted by atomic mass is 9.96. The molecule has 100 valence electrons. The third-order valence-electron chi connectivity index (χ3n) is 3.15. The van der Waals surface area contributed by atoms with Crippen LogP contribution >= 0.6 is 0 Å². The second-order valence-electron chi connectivity index (χ2n) is 4.54. The molecule has 1 heterocycles. The summed E-state index contributed by atoms with van der Waals surface area (Å²) < 4.78 is 28.1. The fourth-order valence-corrected chi connectivity index (χ4v) is 2.17. The largest absolute Gasteiger partial charge is 0.309 e. The fraction of sp³-hybridized carbons (Fsp3) is 0.267. The molecule has 1 atom stereocenters. The minimum Gasteiger partial charge on any atom is -0.309 e. The van der Waals surface area contributed by atoms with Crippen LogP contribution in [0.3, 0.4) is 0 Å². The molecule has 2 aromatic rings. The SMILES string of the molecule is CNC(c1ccnc(C)c1)c1c(F)ccc(C)c1F. The number of hydrogen-bond acceptors (Lipinski definition) is 2. The Balaban J connectivity index is 2.57. The first-order valence-electron chi connectivity index (χ1n) is 6.09. The van der Waals surface area contributed by atoms with E-state index in [0.717, 1.165) is 11.3 Å². The molecule has 0 saturated heterocycles. The molecule has 0 amide bonds. The summed E-state index contributed by atoms with van der Waals surface area (Å²) in [6, 6.07) is 5.80. The summed E-state index contributed by atoms with van der Waals surface area (Å²) in [4.78, 5) is 4.10. The van der Waals surface area contributed by atoms with E-state index < -0.39 is 17.7 Å². The van der Waals surface area contributed by atoms with E-state index in [9.17, 15) is 8.78 Å². The van der Waals surface area contributed by atoms with Gasteiger partial charge in [0.05, 0.1) is 6.04 Å². The Kier molecular flexibility index (Phi) is 3.90. The molecule has 0 fully saturated rings. The van der Waals surface area contributed by atoms with Crippen molar-refractivity contribution in [1.82, 2.24) is 10.3 Å². The second-order valence-corrected chi connectivity index (χ2v) is 4.54. The zero-order valence-electron chi connectivity index (χ0n) is 11.2. The number of rotatable bonds is 3. The van der Waals surface area contributed by atoms with Crippen molar-refractivity contribution in [3.63, 3.8) is 0 Å². The molecule has 1 N–H and O–H groups in total. The van der Waals surface area contributed by atoms with Gasteiger partial charge in [0.1, 0.15) is 11.6 Å². The van der Waals surface area contributed by atoms with E-state index in [-0.39, 0.29) is 5.56 Å². The van der Waals surface area contributed by atoms with Gasteiger partial charge in [-0.25, -0.2) is 8.78 Å². The highest BCUT2D eigenvalue weighted by molar-refractivity contribution is 5.36. The van der Waals surface area contributed by atoms with Gasteiger partial charge in [-0.15, -0.1) is 0 Å². The van der Waals surface area contributed by atoms with Crippen LogP contribution in [-0.2, 0) is 0 Å². The maximum Gasteiger partial charge on any atom is 0.134 e. The van der Waals surface area contributed by atoms with Crippen LogP contribution in [0.5, 0.6) is 0 Å². The van der Waals surface area contributed by atoms with Crippen LogP contribution in [0.2, 0.25) is 0 Å². The van der Waals surface area contributed by atoms with E-state index in [0.29, 0.717) is 5.56 Å². The number of nitrogens with zero attached hydrogens (tertiary/aromatic N) is 1. The lowest BCUT2D eigenvalue weighted by Crippen LogP contribution is -2.21. The third kappa shape index (κ3) is 2.63. The molecule has 0 saturated carbocycles. The molecular formula is C15H16F2N2. The zero-order valence-corrected chi connectivity index (χ0v) is 11.2. The lowest BCUT2D eigenvalue weighted by Gasteiger charge is -2.19. The van der Waals surface area contributed by atoms with Gasteiger partial charge in [0.15, 0.2) is 0 Å². The summed E-state index contributed by atoms with van der Waals surface area (Å²) in [7, 11) is 1.68. The number of nitrogens with one attached hydrogen (secondary N) is 1. The van der Waals surface area contributed by atoms with Crippen molar-refractivity contribution < 1.29 is 8.78 Å². The normalized spacial score (nSPS) is 12.5. The average molecular weight is 262 g/mol. The Bertz CT molecular complexity index is 597. The summed E-state index contributed by atoms with van der Waals surface area (Å²) in [5.74, 6) is -1.05. The Morgan fingerprint density at radius 3 is 2.53 bits per heavy atom. The molecule has 2 rings (SSSR count). The van der Waals surface area contributed by atoms with Crippen LogP contribution < -0.4 is 5.32 Å². The van der Waals surface area contributed by atoms with Crippen LogP contribution in [0.1, 0.15) is 28.4 Å². The molecule has 0 spiro atoms. The number of hydrogen-bond donors (Lipinski definition) is 1. The Morgan fingerprint density at radius 2 is 1.89 bits per heavy atom. The van der Waals surface area contributed by atoms with Crippen LogP contribution in [0, 0.1) is 25.5 Å². The molecule has 0 bridgehead atoms. The van der Waals surface area contributed by atoms with Crippen molar-refractivity contribution in [2.75, 3.05) is 7.05 Å². The standard InChI is InChI=1S/C15H16F2N2/c1-9-4-5-12(16)13(14(9)17)15(18-3)11-6-7-19-10(2)8-11/h4-8,15,18H,1-3H3. The molecule has 0 aliphatic heterocycles. The van der Waals surface area contributed by atoms with E-state index in [1.807, 2.05) is 13.0 Å². The average Bonchev–Trinajstić information content (AvgIpc) is 2.39. The van der Waals surface area contributed by atoms with Gasteiger partial charge < -0.3 is 5.32 Å². The van der Waals surface area contributed by atoms with Gasteiger partial charge in [-0.1, -0.05) is 6.07 Å². The topological polar surface area (TPSA) is 24.9 Å². The van der Waals surface area contributed by atoms with Crippen molar-refractivity contribution >= 4 is 0 Å². The van der Waals surface area contributed by atoms with Gasteiger partial charge in [-0.05, 0) is 50.2 Å². The van der Waals surface area contributed by atoms with Crippen LogP contribution in [0.15, 0.2) is 30.5 Å². The number of aromatic nitrogens is 1. The minimum absolute atomic E-state index is 0.0492. The van der Waals surface area contributed by atoms with Crippen molar-refractivity contribution in [3.05, 3.63) is 64.5 Å². The molecule has 0 aliphatic rings. The first-order chi connectivity index (χ1) is 9.04. The van der Waals surface area contributed by atoms with Crippen LogP contribution in [0.4, 0.5) is 8.78 Å². The van der Waals surface area contributed by atoms with Gasteiger partial charge in [0.25, 0.3) is 0 Å². The molecule has 4 heteroatoms. The lowest BCUT2D eigenvalue weighted by molar-refractivity contribution is 0.517. The Morgan fingerprint density at radius 1 is 1.16 bits per heavy atom. The highest BCUT2D eigenvalue weighted by Gasteiger charge is 2.22. The second kappa shape index (κ2) is 5.45. The van der Waals surface area contributed by atoms with Crippen molar-refractivity contribution in [3.8, 4) is 0 Å². The summed E-state index contributed by atoms with van der Waals surface area (Å²) in [5, 5.41) is 2.96. The summed E-state index contributed by atoms with van der Waals surface area (Å²) in [6.07, 6.45) is 1.64. The smallest absolute Gasteiger partial charge is 0.134 e. The van der Waals surface area contributed by atoms with E-state index in [1.54, 1.807) is 26.2 Å². The minimum atomic E-state index is -0.545. The first kappa shape index (κ1) is 13.6. The Hall–Kier alpha value is -1.81. The number of pyridine rings is 1.